The van der Waals surface area contributed by atoms with Gasteiger partial charge in [-0.15, -0.1) is 13.2 Å². The lowest BCUT2D eigenvalue weighted by atomic mass is 10.2. The molecule has 0 unspecified atom stereocenters. The summed E-state index contributed by atoms with van der Waals surface area (Å²) in [6, 6.07) is 1.18. The van der Waals surface area contributed by atoms with Crippen LogP contribution in [-0.2, 0) is 0 Å². The van der Waals surface area contributed by atoms with Gasteiger partial charge in [-0.2, -0.15) is 0 Å². The van der Waals surface area contributed by atoms with Crippen LogP contribution in [0, 0.1) is 6.92 Å². The van der Waals surface area contributed by atoms with Crippen LogP contribution in [0.5, 0.6) is 11.5 Å². The molecule has 0 aliphatic carbocycles. The lowest BCUT2D eigenvalue weighted by Crippen LogP contribution is -2.17. The van der Waals surface area contributed by atoms with Crippen LogP contribution < -0.4 is 4.74 Å². The van der Waals surface area contributed by atoms with E-state index in [4.69, 9.17) is 11.6 Å². The first kappa shape index (κ1) is 12.4. The Morgan fingerprint density at radius 2 is 2.00 bits per heavy atom. The molecule has 1 aromatic rings. The molecule has 0 heterocycles. The highest BCUT2D eigenvalue weighted by Crippen LogP contribution is 2.43. The molecule has 84 valence electrons. The lowest BCUT2D eigenvalue weighted by molar-refractivity contribution is -0.274. The van der Waals surface area contributed by atoms with Gasteiger partial charge in [0.1, 0.15) is 10.2 Å². The number of halogens is 5. The van der Waals surface area contributed by atoms with Crippen LogP contribution in [0.2, 0.25) is 5.02 Å². The number of ether oxygens (including phenoxy) is 1. The fraction of sp³-hybridized carbons (Fsp3) is 0.250. The van der Waals surface area contributed by atoms with Gasteiger partial charge >= 0.3 is 6.36 Å². The predicted molar refractivity (Wildman–Crippen MR) is 52.2 cm³/mol. The SMILES string of the molecule is Cc1cc(Cl)c(OC(F)(F)F)c(Br)c1O. The molecule has 1 N–H and O–H groups in total. The van der Waals surface area contributed by atoms with Crippen LogP contribution in [-0.4, -0.2) is 11.5 Å². The van der Waals surface area contributed by atoms with E-state index in [1.165, 1.54) is 13.0 Å². The number of rotatable bonds is 1. The molecular weight excluding hydrogens is 300 g/mol. The Balaban J connectivity index is 3.24. The zero-order valence-electron chi connectivity index (χ0n) is 7.32. The van der Waals surface area contributed by atoms with Crippen molar-refractivity contribution in [1.29, 1.82) is 0 Å². The molecule has 0 saturated heterocycles. The van der Waals surface area contributed by atoms with Crippen molar-refractivity contribution in [3.05, 3.63) is 21.1 Å². The van der Waals surface area contributed by atoms with Crippen LogP contribution in [0.4, 0.5) is 13.2 Å². The third-order valence-corrected chi connectivity index (χ3v) is 2.58. The Bertz CT molecular complexity index is 392. The van der Waals surface area contributed by atoms with Gasteiger partial charge in [0.25, 0.3) is 0 Å². The highest BCUT2D eigenvalue weighted by molar-refractivity contribution is 9.10. The van der Waals surface area contributed by atoms with Gasteiger partial charge in [0.2, 0.25) is 0 Å². The normalized spacial score (nSPS) is 11.6. The number of aryl methyl sites for hydroxylation is 1. The second-order valence-corrected chi connectivity index (χ2v) is 3.92. The number of alkyl halides is 3. The van der Waals surface area contributed by atoms with Gasteiger partial charge in [0, 0.05) is 0 Å². The van der Waals surface area contributed by atoms with Gasteiger partial charge < -0.3 is 9.84 Å². The van der Waals surface area contributed by atoms with Crippen LogP contribution in [0.25, 0.3) is 0 Å². The summed E-state index contributed by atoms with van der Waals surface area (Å²) in [5.74, 6) is -0.981. The van der Waals surface area contributed by atoms with Gasteiger partial charge in [-0.05, 0) is 34.5 Å². The zero-order chi connectivity index (χ0) is 11.8. The molecule has 0 amide bonds. The molecule has 0 fully saturated rings. The largest absolute Gasteiger partial charge is 0.573 e. The number of hydrogen-bond donors (Lipinski definition) is 1. The molecule has 0 aromatic heterocycles. The Morgan fingerprint density at radius 1 is 1.47 bits per heavy atom. The number of phenolic OH excluding ortho intramolecular Hbond substituents is 1. The Labute approximate surface area is 96.7 Å². The predicted octanol–water partition coefficient (Wildman–Crippen LogP) is 4.02. The van der Waals surface area contributed by atoms with Crippen LogP contribution >= 0.6 is 27.5 Å². The first-order valence-corrected chi connectivity index (χ1v) is 4.83. The highest BCUT2D eigenvalue weighted by atomic mass is 79.9. The van der Waals surface area contributed by atoms with Crippen LogP contribution in [0.15, 0.2) is 10.5 Å². The fourth-order valence-corrected chi connectivity index (χ4v) is 1.94. The Kier molecular flexibility index (Phi) is 3.40. The maximum atomic E-state index is 12.0. The molecule has 0 bridgehead atoms. The summed E-state index contributed by atoms with van der Waals surface area (Å²) >= 11 is 8.32. The molecule has 7 heteroatoms. The second kappa shape index (κ2) is 4.09. The lowest BCUT2D eigenvalue weighted by Gasteiger charge is -2.13. The Hall–Kier alpha value is -0.620. The van der Waals surface area contributed by atoms with Crippen molar-refractivity contribution in [2.75, 3.05) is 0 Å². The molecule has 0 atom stereocenters. The number of phenols is 1. The first-order chi connectivity index (χ1) is 6.72. The standard InChI is InChI=1S/C8H5BrClF3O2/c1-3-2-4(10)7(5(9)6(3)14)15-8(11,12)13/h2,14H,1H3. The zero-order valence-corrected chi connectivity index (χ0v) is 9.66. The van der Waals surface area contributed by atoms with Gasteiger partial charge in [0.15, 0.2) is 5.75 Å². The molecule has 0 aliphatic rings. The summed E-state index contributed by atoms with van der Waals surface area (Å²) < 4.78 is 39.3. The molecule has 1 aromatic carbocycles. The van der Waals surface area contributed by atoms with Crippen LogP contribution in [0.3, 0.4) is 0 Å². The summed E-state index contributed by atoms with van der Waals surface area (Å²) in [5, 5.41) is 9.13. The smallest absolute Gasteiger partial charge is 0.506 e. The molecule has 2 nitrogen and oxygen atoms in total. The van der Waals surface area contributed by atoms with E-state index >= 15 is 0 Å². The molecule has 0 radical (unpaired) electrons. The average Bonchev–Trinajstić information content (AvgIpc) is 2.07. The van der Waals surface area contributed by atoms with Crippen molar-refractivity contribution < 1.29 is 23.0 Å². The number of aromatic hydroxyl groups is 1. The quantitative estimate of drug-likeness (QED) is 0.849. The van der Waals surface area contributed by atoms with Crippen molar-refractivity contribution in [2.24, 2.45) is 0 Å². The van der Waals surface area contributed by atoms with Crippen molar-refractivity contribution in [1.82, 2.24) is 0 Å². The van der Waals surface area contributed by atoms with Gasteiger partial charge in [-0.1, -0.05) is 11.6 Å². The monoisotopic (exact) mass is 304 g/mol. The third-order valence-electron chi connectivity index (χ3n) is 1.56. The topological polar surface area (TPSA) is 29.5 Å². The summed E-state index contributed by atoms with van der Waals surface area (Å²) in [6.45, 7) is 1.50. The van der Waals surface area contributed by atoms with E-state index < -0.39 is 12.1 Å². The fourth-order valence-electron chi connectivity index (χ4n) is 0.919. The van der Waals surface area contributed by atoms with Gasteiger partial charge in [-0.3, -0.25) is 0 Å². The maximum Gasteiger partial charge on any atom is 0.573 e. The van der Waals surface area contributed by atoms with Crippen molar-refractivity contribution >= 4 is 27.5 Å². The summed E-state index contributed by atoms with van der Waals surface area (Å²) in [7, 11) is 0. The van der Waals surface area contributed by atoms with E-state index in [0.717, 1.165) is 0 Å². The van der Waals surface area contributed by atoms with E-state index in [2.05, 4.69) is 20.7 Å². The minimum absolute atomic E-state index is 0.218. The molecule has 1 rings (SSSR count). The number of hydrogen-bond acceptors (Lipinski definition) is 2. The summed E-state index contributed by atoms with van der Waals surface area (Å²) in [5.41, 5.74) is 0.349. The molecule has 0 aliphatic heterocycles. The molecular formula is C8H5BrClF3O2. The minimum atomic E-state index is -4.85. The summed E-state index contributed by atoms with van der Waals surface area (Å²) in [6.07, 6.45) is -4.85. The third kappa shape index (κ3) is 2.92. The van der Waals surface area contributed by atoms with E-state index in [1.54, 1.807) is 0 Å². The minimum Gasteiger partial charge on any atom is -0.506 e. The molecule has 15 heavy (non-hydrogen) atoms. The average molecular weight is 305 g/mol. The molecule has 0 saturated carbocycles. The number of benzene rings is 1. The first-order valence-electron chi connectivity index (χ1n) is 3.65. The van der Waals surface area contributed by atoms with Crippen molar-refractivity contribution in [3.8, 4) is 11.5 Å². The van der Waals surface area contributed by atoms with Crippen molar-refractivity contribution in [2.45, 2.75) is 13.3 Å². The van der Waals surface area contributed by atoms with Gasteiger partial charge in [0.05, 0.1) is 5.02 Å². The van der Waals surface area contributed by atoms with E-state index in [1.807, 2.05) is 0 Å². The molecule has 0 spiro atoms. The van der Waals surface area contributed by atoms with Gasteiger partial charge in [-0.25, -0.2) is 0 Å². The van der Waals surface area contributed by atoms with E-state index in [0.29, 0.717) is 5.56 Å². The van der Waals surface area contributed by atoms with E-state index in [-0.39, 0.29) is 15.2 Å². The Morgan fingerprint density at radius 3 is 2.47 bits per heavy atom. The second-order valence-electron chi connectivity index (χ2n) is 2.71. The van der Waals surface area contributed by atoms with E-state index in [9.17, 15) is 18.3 Å². The van der Waals surface area contributed by atoms with Crippen LogP contribution in [0.1, 0.15) is 5.56 Å². The van der Waals surface area contributed by atoms with Crippen molar-refractivity contribution in [3.63, 3.8) is 0 Å². The summed E-state index contributed by atoms with van der Waals surface area (Å²) in [4.78, 5) is 0. The highest BCUT2D eigenvalue weighted by Gasteiger charge is 2.33. The maximum absolute atomic E-state index is 12.0.